The highest BCUT2D eigenvalue weighted by atomic mass is 16.7. The number of benzene rings is 1. The quantitative estimate of drug-likeness (QED) is 0.856. The van der Waals surface area contributed by atoms with E-state index < -0.39 is 5.79 Å². The van der Waals surface area contributed by atoms with Crippen molar-refractivity contribution in [2.24, 2.45) is 0 Å². The maximum atomic E-state index is 5.83. The highest BCUT2D eigenvalue weighted by Crippen LogP contribution is 2.38. The van der Waals surface area contributed by atoms with Gasteiger partial charge in [-0.15, -0.1) is 0 Å². The Hall–Kier alpha value is -1.30. The van der Waals surface area contributed by atoms with Crippen LogP contribution in [0.4, 0.5) is 0 Å². The van der Waals surface area contributed by atoms with Gasteiger partial charge >= 0.3 is 0 Å². The van der Waals surface area contributed by atoms with Gasteiger partial charge < -0.3 is 24.3 Å². The van der Waals surface area contributed by atoms with Gasteiger partial charge in [-0.2, -0.15) is 0 Å². The van der Waals surface area contributed by atoms with Crippen LogP contribution in [0.1, 0.15) is 12.5 Å². The third kappa shape index (κ3) is 1.94. The van der Waals surface area contributed by atoms with E-state index in [2.05, 4.69) is 5.32 Å². The molecule has 2 heterocycles. The van der Waals surface area contributed by atoms with Crippen LogP contribution < -0.4 is 14.8 Å². The molecule has 0 saturated carbocycles. The van der Waals surface area contributed by atoms with Crippen molar-refractivity contribution in [1.82, 2.24) is 5.32 Å². The summed E-state index contributed by atoms with van der Waals surface area (Å²) in [5.41, 5.74) is 0.946. The summed E-state index contributed by atoms with van der Waals surface area (Å²) in [6, 6.07) is 6.00. The molecule has 2 aliphatic heterocycles. The number of fused-ring (bicyclic) bond motifs is 1. The van der Waals surface area contributed by atoms with Crippen LogP contribution in [0.25, 0.3) is 0 Å². The van der Waals surface area contributed by atoms with E-state index in [1.54, 1.807) is 0 Å². The van der Waals surface area contributed by atoms with Crippen LogP contribution >= 0.6 is 0 Å². The second-order valence-electron chi connectivity index (χ2n) is 4.62. The molecule has 5 nitrogen and oxygen atoms in total. The fraction of sp³-hybridized carbons (Fsp3) is 0.538. The summed E-state index contributed by atoms with van der Waals surface area (Å²) in [6.07, 6.45) is 0. The molecule has 0 spiro atoms. The molecule has 1 saturated heterocycles. The van der Waals surface area contributed by atoms with Gasteiger partial charge in [0, 0.05) is 5.56 Å². The molecule has 3 rings (SSSR count). The van der Waals surface area contributed by atoms with Gasteiger partial charge in [0.1, 0.15) is 0 Å². The predicted octanol–water partition coefficient (Wildman–Crippen LogP) is 1.22. The minimum Gasteiger partial charge on any atom is -0.454 e. The first-order chi connectivity index (χ1) is 8.71. The summed E-state index contributed by atoms with van der Waals surface area (Å²) in [4.78, 5) is 0. The summed E-state index contributed by atoms with van der Waals surface area (Å²) >= 11 is 0. The standard InChI is InChI=1S/C13H17NO4/c1-13(17-6-10(14-2)7-18-13)9-3-4-11-12(5-9)16-8-15-11/h3-5,10,14H,6-8H2,1-2H3. The molecule has 0 unspecified atom stereocenters. The van der Waals surface area contributed by atoms with Crippen molar-refractivity contribution < 1.29 is 18.9 Å². The average molecular weight is 251 g/mol. The molecule has 0 aliphatic carbocycles. The first kappa shape index (κ1) is 11.8. The van der Waals surface area contributed by atoms with Gasteiger partial charge in [-0.3, -0.25) is 0 Å². The van der Waals surface area contributed by atoms with Gasteiger partial charge in [-0.25, -0.2) is 0 Å². The normalized spacial score (nSPS) is 30.4. The number of ether oxygens (including phenoxy) is 4. The Kier molecular flexibility index (Phi) is 2.89. The van der Waals surface area contributed by atoms with Gasteiger partial charge in [-0.05, 0) is 32.2 Å². The lowest BCUT2D eigenvalue weighted by molar-refractivity contribution is -0.272. The van der Waals surface area contributed by atoms with Gasteiger partial charge in [0.15, 0.2) is 17.3 Å². The predicted molar refractivity (Wildman–Crippen MR) is 64.7 cm³/mol. The Morgan fingerprint density at radius 2 is 1.89 bits per heavy atom. The van der Waals surface area contributed by atoms with Gasteiger partial charge in [0.05, 0.1) is 19.3 Å². The molecule has 5 heteroatoms. The maximum absolute atomic E-state index is 5.83. The van der Waals surface area contributed by atoms with Crippen molar-refractivity contribution in [3.63, 3.8) is 0 Å². The lowest BCUT2D eigenvalue weighted by atomic mass is 10.1. The van der Waals surface area contributed by atoms with E-state index in [9.17, 15) is 0 Å². The monoisotopic (exact) mass is 251 g/mol. The SMILES string of the molecule is CNC1COC(C)(c2ccc3c(c2)OCO3)OC1. The molecule has 0 radical (unpaired) electrons. The van der Waals surface area contributed by atoms with E-state index in [0.717, 1.165) is 17.1 Å². The zero-order valence-electron chi connectivity index (χ0n) is 10.6. The zero-order chi connectivity index (χ0) is 12.6. The van der Waals surface area contributed by atoms with Gasteiger partial charge in [0.2, 0.25) is 6.79 Å². The molecule has 1 fully saturated rings. The van der Waals surface area contributed by atoms with E-state index in [4.69, 9.17) is 18.9 Å². The van der Waals surface area contributed by atoms with Gasteiger partial charge in [0.25, 0.3) is 0 Å². The Morgan fingerprint density at radius 3 is 2.61 bits per heavy atom. The smallest absolute Gasteiger partial charge is 0.231 e. The molecule has 18 heavy (non-hydrogen) atoms. The highest BCUT2D eigenvalue weighted by molar-refractivity contribution is 5.45. The lowest BCUT2D eigenvalue weighted by Gasteiger charge is -2.37. The number of hydrogen-bond donors (Lipinski definition) is 1. The highest BCUT2D eigenvalue weighted by Gasteiger charge is 2.35. The van der Waals surface area contributed by atoms with Crippen molar-refractivity contribution in [3.8, 4) is 11.5 Å². The van der Waals surface area contributed by atoms with Crippen LogP contribution in [0, 0.1) is 0 Å². The maximum Gasteiger partial charge on any atom is 0.231 e. The van der Waals surface area contributed by atoms with Crippen LogP contribution in [-0.2, 0) is 15.3 Å². The van der Waals surface area contributed by atoms with Crippen LogP contribution in [0.15, 0.2) is 18.2 Å². The molecular formula is C13H17NO4. The van der Waals surface area contributed by atoms with Crippen LogP contribution in [0.2, 0.25) is 0 Å². The molecule has 1 aromatic rings. The third-order valence-electron chi connectivity index (χ3n) is 3.43. The van der Waals surface area contributed by atoms with Crippen molar-refractivity contribution in [2.75, 3.05) is 27.1 Å². The molecule has 0 aromatic heterocycles. The lowest BCUT2D eigenvalue weighted by Crippen LogP contribution is -2.47. The molecular weight excluding hydrogens is 234 g/mol. The van der Waals surface area contributed by atoms with E-state index >= 15 is 0 Å². The summed E-state index contributed by atoms with van der Waals surface area (Å²) in [5.74, 6) is 0.803. The van der Waals surface area contributed by atoms with E-state index in [1.807, 2.05) is 32.2 Å². The van der Waals surface area contributed by atoms with Crippen molar-refractivity contribution >= 4 is 0 Å². The third-order valence-corrected chi connectivity index (χ3v) is 3.43. The number of hydrogen-bond acceptors (Lipinski definition) is 5. The van der Waals surface area contributed by atoms with Crippen LogP contribution in [-0.4, -0.2) is 33.1 Å². The van der Waals surface area contributed by atoms with Gasteiger partial charge in [-0.1, -0.05) is 0 Å². The van der Waals surface area contributed by atoms with E-state index in [1.165, 1.54) is 0 Å². The summed E-state index contributed by atoms with van der Waals surface area (Å²) in [5, 5.41) is 3.14. The first-order valence-electron chi connectivity index (χ1n) is 6.06. The average Bonchev–Trinajstić information content (AvgIpc) is 2.87. The molecule has 0 bridgehead atoms. The molecule has 0 amide bonds. The molecule has 0 atom stereocenters. The summed E-state index contributed by atoms with van der Waals surface area (Å²) in [7, 11) is 1.90. The van der Waals surface area contributed by atoms with E-state index in [-0.39, 0.29) is 12.8 Å². The van der Waals surface area contributed by atoms with Crippen molar-refractivity contribution in [3.05, 3.63) is 23.8 Å². The van der Waals surface area contributed by atoms with Crippen molar-refractivity contribution in [2.45, 2.75) is 18.8 Å². The zero-order valence-corrected chi connectivity index (χ0v) is 10.6. The largest absolute Gasteiger partial charge is 0.454 e. The topological polar surface area (TPSA) is 49.0 Å². The second-order valence-corrected chi connectivity index (χ2v) is 4.62. The summed E-state index contributed by atoms with van der Waals surface area (Å²) < 4.78 is 22.3. The summed E-state index contributed by atoms with van der Waals surface area (Å²) in [6.45, 7) is 3.46. The molecule has 98 valence electrons. The fourth-order valence-corrected chi connectivity index (χ4v) is 2.12. The number of rotatable bonds is 2. The number of likely N-dealkylation sites (N-methyl/N-ethyl adjacent to an activating group) is 1. The Labute approximate surface area is 106 Å². The molecule has 1 aromatic carbocycles. The Balaban J connectivity index is 1.82. The second kappa shape index (κ2) is 4.42. The number of nitrogens with one attached hydrogen (secondary N) is 1. The van der Waals surface area contributed by atoms with Crippen LogP contribution in [0.3, 0.4) is 0 Å². The Bertz CT molecular complexity index is 441. The molecule has 1 N–H and O–H groups in total. The minimum atomic E-state index is -0.714. The first-order valence-corrected chi connectivity index (χ1v) is 6.06. The Morgan fingerprint density at radius 1 is 1.17 bits per heavy atom. The van der Waals surface area contributed by atoms with E-state index in [0.29, 0.717) is 13.2 Å². The molecule has 2 aliphatic rings. The minimum absolute atomic E-state index is 0.243. The van der Waals surface area contributed by atoms with Crippen LogP contribution in [0.5, 0.6) is 11.5 Å². The van der Waals surface area contributed by atoms with Crippen molar-refractivity contribution in [1.29, 1.82) is 0 Å². The fourth-order valence-electron chi connectivity index (χ4n) is 2.12.